The second kappa shape index (κ2) is 5.85. The summed E-state index contributed by atoms with van der Waals surface area (Å²) in [6, 6.07) is 7.30. The molecule has 3 nitrogen and oxygen atoms in total. The lowest BCUT2D eigenvalue weighted by molar-refractivity contribution is 0.0614. The van der Waals surface area contributed by atoms with Crippen LogP contribution in [0.1, 0.15) is 19.4 Å². The van der Waals surface area contributed by atoms with Crippen molar-refractivity contribution in [2.24, 2.45) is 11.8 Å². The van der Waals surface area contributed by atoms with Crippen molar-refractivity contribution < 1.29 is 8.42 Å². The Labute approximate surface area is 119 Å². The van der Waals surface area contributed by atoms with Crippen LogP contribution in [0.3, 0.4) is 0 Å². The van der Waals surface area contributed by atoms with Crippen molar-refractivity contribution in [3.8, 4) is 0 Å². The molecule has 1 aromatic rings. The molecule has 0 aliphatic carbocycles. The summed E-state index contributed by atoms with van der Waals surface area (Å²) in [5.74, 6) is 1.53. The maximum Gasteiger partial charge on any atom is 0.229 e. The first-order valence-electron chi connectivity index (χ1n) is 6.54. The second-order valence-corrected chi connectivity index (χ2v) is 9.50. The van der Waals surface area contributed by atoms with E-state index in [-0.39, 0.29) is 0 Å². The molecular weight excluding hydrogens is 278 g/mol. The fourth-order valence-corrected chi connectivity index (χ4v) is 3.94. The zero-order chi connectivity index (χ0) is 14.0. The maximum atomic E-state index is 11.8. The quantitative estimate of drug-likeness (QED) is 0.784. The van der Waals surface area contributed by atoms with Gasteiger partial charge in [-0.2, -0.15) is 0 Å². The summed E-state index contributed by atoms with van der Waals surface area (Å²) < 4.78 is 23.6. The molecule has 0 radical (unpaired) electrons. The van der Waals surface area contributed by atoms with Crippen LogP contribution in [-0.4, -0.2) is 32.7 Å². The summed E-state index contributed by atoms with van der Waals surface area (Å²) >= 11 is 0. The Balaban J connectivity index is 2.01. The van der Waals surface area contributed by atoms with Crippen LogP contribution in [0.4, 0.5) is 0 Å². The van der Waals surface area contributed by atoms with Gasteiger partial charge in [-0.05, 0) is 46.6 Å². The van der Waals surface area contributed by atoms with Crippen LogP contribution in [-0.2, 0) is 15.4 Å². The van der Waals surface area contributed by atoms with Gasteiger partial charge in [0.05, 0.1) is 4.90 Å². The van der Waals surface area contributed by atoms with E-state index in [1.807, 2.05) is 12.1 Å². The Kier molecular flexibility index (Phi) is 4.58. The highest BCUT2D eigenvalue weighted by Crippen LogP contribution is 2.26. The lowest BCUT2D eigenvalue weighted by atomic mass is 9.88. The van der Waals surface area contributed by atoms with Crippen molar-refractivity contribution in [3.05, 3.63) is 29.8 Å². The van der Waals surface area contributed by atoms with Gasteiger partial charge in [0, 0.05) is 19.6 Å². The van der Waals surface area contributed by atoms with Crippen molar-refractivity contribution in [3.63, 3.8) is 0 Å². The zero-order valence-corrected chi connectivity index (χ0v) is 13.3. The lowest BCUT2D eigenvalue weighted by Crippen LogP contribution is -2.48. The van der Waals surface area contributed by atoms with Gasteiger partial charge in [-0.25, -0.2) is 8.42 Å². The third-order valence-corrected chi connectivity index (χ3v) is 6.90. The Hall–Kier alpha value is -0.520. The molecule has 5 heteroatoms. The smallest absolute Gasteiger partial charge is 0.229 e. The zero-order valence-electron chi connectivity index (χ0n) is 11.7. The molecule has 1 fully saturated rings. The van der Waals surface area contributed by atoms with Gasteiger partial charge in [0.2, 0.25) is 8.87 Å². The molecule has 0 unspecified atom stereocenters. The van der Waals surface area contributed by atoms with Crippen LogP contribution < -0.4 is 0 Å². The number of rotatable bonds is 5. The number of hydrogen-bond acceptors (Lipinski definition) is 4. The molecule has 0 saturated carbocycles. The van der Waals surface area contributed by atoms with Crippen molar-refractivity contribution in [2.75, 3.05) is 19.3 Å². The summed E-state index contributed by atoms with van der Waals surface area (Å²) in [6.07, 6.45) is 1.60. The van der Waals surface area contributed by atoms with Crippen LogP contribution in [0.2, 0.25) is 0 Å². The average molecular weight is 299 g/mol. The van der Waals surface area contributed by atoms with E-state index in [0.29, 0.717) is 4.90 Å². The van der Waals surface area contributed by atoms with E-state index in [0.717, 1.165) is 47.8 Å². The molecule has 1 aromatic carbocycles. The largest absolute Gasteiger partial charge is 0.298 e. The molecule has 1 heterocycles. The lowest BCUT2D eigenvalue weighted by Gasteiger charge is -2.41. The monoisotopic (exact) mass is 299 g/mol. The Morgan fingerprint density at radius 2 is 2.05 bits per heavy atom. The van der Waals surface area contributed by atoms with Crippen molar-refractivity contribution in [2.45, 2.75) is 25.3 Å². The van der Waals surface area contributed by atoms with E-state index in [9.17, 15) is 8.42 Å². The first kappa shape index (κ1) is 14.9. The van der Waals surface area contributed by atoms with E-state index in [1.165, 1.54) is 0 Å². The standard InChI is InChI=1S/C14H21NO2S2/c1-11(2)13-9-15(10-13)8-12-5-4-6-14(7-12)19(16,17)18-3/h4-7,11,13H,8-10H2,1-3H3. The van der Waals surface area contributed by atoms with Gasteiger partial charge in [0.25, 0.3) is 0 Å². The van der Waals surface area contributed by atoms with E-state index >= 15 is 0 Å². The predicted molar refractivity (Wildman–Crippen MR) is 80.7 cm³/mol. The normalized spacial score (nSPS) is 17.7. The van der Waals surface area contributed by atoms with Gasteiger partial charge in [0.1, 0.15) is 0 Å². The molecule has 2 rings (SSSR count). The van der Waals surface area contributed by atoms with Gasteiger partial charge in [-0.1, -0.05) is 26.0 Å². The summed E-state index contributed by atoms with van der Waals surface area (Å²) in [7, 11) is -2.28. The third-order valence-electron chi connectivity index (χ3n) is 3.74. The minimum absolute atomic E-state index is 0.415. The maximum absolute atomic E-state index is 11.8. The first-order chi connectivity index (χ1) is 8.92. The van der Waals surface area contributed by atoms with Gasteiger partial charge in [-0.15, -0.1) is 0 Å². The van der Waals surface area contributed by atoms with Crippen LogP contribution >= 0.6 is 10.8 Å². The highest BCUT2D eigenvalue weighted by Gasteiger charge is 2.28. The van der Waals surface area contributed by atoms with Crippen LogP contribution in [0.15, 0.2) is 29.2 Å². The fraction of sp³-hybridized carbons (Fsp3) is 0.571. The van der Waals surface area contributed by atoms with Gasteiger partial charge >= 0.3 is 0 Å². The minimum Gasteiger partial charge on any atom is -0.298 e. The second-order valence-electron chi connectivity index (χ2n) is 5.47. The highest BCUT2D eigenvalue weighted by molar-refractivity contribution is 8.71. The SMILES string of the molecule is CSS(=O)(=O)c1cccc(CN2CC(C(C)C)C2)c1. The Bertz CT molecular complexity index is 534. The number of benzene rings is 1. The summed E-state index contributed by atoms with van der Waals surface area (Å²) in [4.78, 5) is 2.79. The molecule has 0 aromatic heterocycles. The predicted octanol–water partition coefficient (Wildman–Crippen LogP) is 2.83. The van der Waals surface area contributed by atoms with Crippen molar-refractivity contribution in [1.82, 2.24) is 4.90 Å². The van der Waals surface area contributed by atoms with Gasteiger partial charge < -0.3 is 0 Å². The first-order valence-corrected chi connectivity index (χ1v) is 9.77. The average Bonchev–Trinajstić information content (AvgIpc) is 2.33. The third kappa shape index (κ3) is 3.52. The van der Waals surface area contributed by atoms with E-state index in [4.69, 9.17) is 0 Å². The molecule has 19 heavy (non-hydrogen) atoms. The molecule has 1 aliphatic heterocycles. The molecule has 0 spiro atoms. The minimum atomic E-state index is -3.17. The molecule has 106 valence electrons. The molecule has 0 atom stereocenters. The van der Waals surface area contributed by atoms with Crippen molar-refractivity contribution in [1.29, 1.82) is 0 Å². The van der Waals surface area contributed by atoms with Crippen LogP contribution in [0, 0.1) is 11.8 Å². The van der Waals surface area contributed by atoms with Crippen LogP contribution in [0.25, 0.3) is 0 Å². The molecule has 0 amide bonds. The molecular formula is C14H21NO2S2. The molecule has 1 saturated heterocycles. The van der Waals surface area contributed by atoms with Gasteiger partial charge in [-0.3, -0.25) is 4.90 Å². The Morgan fingerprint density at radius 3 is 2.63 bits per heavy atom. The topological polar surface area (TPSA) is 37.4 Å². The number of nitrogens with zero attached hydrogens (tertiary/aromatic N) is 1. The molecule has 0 bridgehead atoms. The summed E-state index contributed by atoms with van der Waals surface area (Å²) in [6.45, 7) is 7.61. The van der Waals surface area contributed by atoms with Crippen molar-refractivity contribution >= 4 is 19.7 Å². The fourth-order valence-electron chi connectivity index (χ4n) is 2.31. The summed E-state index contributed by atoms with van der Waals surface area (Å²) in [5, 5.41) is 0. The van der Waals surface area contributed by atoms with Crippen LogP contribution in [0.5, 0.6) is 0 Å². The van der Waals surface area contributed by atoms with Gasteiger partial charge in [0.15, 0.2) is 0 Å². The number of likely N-dealkylation sites (tertiary alicyclic amines) is 1. The number of hydrogen-bond donors (Lipinski definition) is 0. The molecule has 1 aliphatic rings. The molecule has 0 N–H and O–H groups in total. The van der Waals surface area contributed by atoms with E-state index < -0.39 is 8.87 Å². The van der Waals surface area contributed by atoms with E-state index in [1.54, 1.807) is 18.4 Å². The highest BCUT2D eigenvalue weighted by atomic mass is 33.1. The van der Waals surface area contributed by atoms with E-state index in [2.05, 4.69) is 18.7 Å². The Morgan fingerprint density at radius 1 is 1.37 bits per heavy atom. The summed E-state index contributed by atoms with van der Waals surface area (Å²) in [5.41, 5.74) is 1.08.